The molecule has 9 heteroatoms. The third-order valence-corrected chi connectivity index (χ3v) is 5.70. The Kier molecular flexibility index (Phi) is 4.80. The maximum Gasteiger partial charge on any atom is 0.229 e. The molecule has 0 aliphatic carbocycles. The van der Waals surface area contributed by atoms with Gasteiger partial charge in [0.25, 0.3) is 0 Å². The number of nitrogens with zero attached hydrogens (tertiary/aromatic N) is 8. The molecule has 0 unspecified atom stereocenters. The standard InChI is InChI=1S/C24H22N8O/c1-17-4-2-5-18(14-17)20-7-9-32(29-20)23-21-22(27-24(28-23)30-10-12-33-13-11-30)31(16-26-21)19-6-3-8-25-15-19/h2-9,14-16H,10-13H2,1H3. The first-order valence-electron chi connectivity index (χ1n) is 10.9. The first kappa shape index (κ1) is 19.6. The number of anilines is 1. The van der Waals surface area contributed by atoms with Gasteiger partial charge in [-0.05, 0) is 31.2 Å². The number of imidazole rings is 1. The van der Waals surface area contributed by atoms with Crippen LogP contribution in [0, 0.1) is 6.92 Å². The maximum atomic E-state index is 5.52. The molecule has 0 radical (unpaired) electrons. The minimum absolute atomic E-state index is 0.638. The van der Waals surface area contributed by atoms with E-state index in [1.807, 2.05) is 35.0 Å². The number of fused-ring (bicyclic) bond motifs is 1. The van der Waals surface area contributed by atoms with Crippen molar-refractivity contribution in [3.8, 4) is 22.8 Å². The van der Waals surface area contributed by atoms with Gasteiger partial charge in [-0.3, -0.25) is 9.55 Å². The van der Waals surface area contributed by atoms with Gasteiger partial charge >= 0.3 is 0 Å². The molecule has 0 N–H and O–H groups in total. The summed E-state index contributed by atoms with van der Waals surface area (Å²) in [6, 6.07) is 14.2. The molecule has 1 aliphatic heterocycles. The highest BCUT2D eigenvalue weighted by atomic mass is 16.5. The number of hydrogen-bond acceptors (Lipinski definition) is 7. The van der Waals surface area contributed by atoms with E-state index in [9.17, 15) is 0 Å². The van der Waals surface area contributed by atoms with Gasteiger partial charge in [0.1, 0.15) is 6.33 Å². The highest BCUT2D eigenvalue weighted by Gasteiger charge is 2.21. The Morgan fingerprint density at radius 3 is 2.73 bits per heavy atom. The fourth-order valence-electron chi connectivity index (χ4n) is 4.02. The van der Waals surface area contributed by atoms with Crippen LogP contribution in [0.2, 0.25) is 0 Å². The first-order chi connectivity index (χ1) is 16.3. The van der Waals surface area contributed by atoms with Crippen LogP contribution in [-0.2, 0) is 4.74 Å². The molecule has 0 saturated carbocycles. The summed E-state index contributed by atoms with van der Waals surface area (Å²) in [5.41, 5.74) is 5.41. The third-order valence-electron chi connectivity index (χ3n) is 5.70. The average molecular weight is 438 g/mol. The molecule has 164 valence electrons. The molecular weight excluding hydrogens is 416 g/mol. The zero-order valence-electron chi connectivity index (χ0n) is 18.2. The number of pyridine rings is 1. The number of benzene rings is 1. The predicted molar refractivity (Wildman–Crippen MR) is 125 cm³/mol. The minimum atomic E-state index is 0.638. The number of morpholine rings is 1. The van der Waals surface area contributed by atoms with E-state index in [1.54, 1.807) is 23.4 Å². The van der Waals surface area contributed by atoms with Crippen LogP contribution in [0.15, 0.2) is 67.4 Å². The van der Waals surface area contributed by atoms with Crippen LogP contribution < -0.4 is 4.90 Å². The van der Waals surface area contributed by atoms with E-state index < -0.39 is 0 Å². The van der Waals surface area contributed by atoms with Gasteiger partial charge in [-0.15, -0.1) is 0 Å². The van der Waals surface area contributed by atoms with Crippen molar-refractivity contribution in [3.05, 3.63) is 72.9 Å². The summed E-state index contributed by atoms with van der Waals surface area (Å²) in [4.78, 5) is 20.8. The van der Waals surface area contributed by atoms with Gasteiger partial charge in [0, 0.05) is 31.0 Å². The second kappa shape index (κ2) is 8.10. The molecular formula is C24H22N8O. The van der Waals surface area contributed by atoms with Crippen LogP contribution in [0.4, 0.5) is 5.95 Å². The summed E-state index contributed by atoms with van der Waals surface area (Å²) >= 11 is 0. The zero-order valence-corrected chi connectivity index (χ0v) is 18.2. The van der Waals surface area contributed by atoms with E-state index in [2.05, 4.69) is 40.0 Å². The Balaban J connectivity index is 1.51. The first-order valence-corrected chi connectivity index (χ1v) is 10.9. The minimum Gasteiger partial charge on any atom is -0.378 e. The van der Waals surface area contributed by atoms with Crippen LogP contribution in [0.3, 0.4) is 0 Å². The zero-order chi connectivity index (χ0) is 22.2. The summed E-state index contributed by atoms with van der Waals surface area (Å²) < 4.78 is 9.24. The van der Waals surface area contributed by atoms with Gasteiger partial charge in [-0.25, -0.2) is 9.67 Å². The lowest BCUT2D eigenvalue weighted by Gasteiger charge is -2.27. The molecule has 0 spiro atoms. The number of hydrogen-bond donors (Lipinski definition) is 0. The molecule has 1 aromatic carbocycles. The summed E-state index contributed by atoms with van der Waals surface area (Å²) in [5, 5.41) is 4.83. The van der Waals surface area contributed by atoms with E-state index in [4.69, 9.17) is 19.8 Å². The topological polar surface area (TPSA) is 86.8 Å². The second-order valence-corrected chi connectivity index (χ2v) is 7.96. The molecule has 9 nitrogen and oxygen atoms in total. The van der Waals surface area contributed by atoms with E-state index in [0.717, 1.165) is 30.0 Å². The van der Waals surface area contributed by atoms with Crippen molar-refractivity contribution in [2.75, 3.05) is 31.2 Å². The summed E-state index contributed by atoms with van der Waals surface area (Å²) in [6.07, 6.45) is 7.22. The van der Waals surface area contributed by atoms with Crippen LogP contribution in [0.5, 0.6) is 0 Å². The molecule has 0 atom stereocenters. The van der Waals surface area contributed by atoms with Gasteiger partial charge < -0.3 is 9.64 Å². The van der Waals surface area contributed by atoms with Crippen molar-refractivity contribution >= 4 is 17.1 Å². The van der Waals surface area contributed by atoms with Crippen LogP contribution >= 0.6 is 0 Å². The fourth-order valence-corrected chi connectivity index (χ4v) is 4.02. The van der Waals surface area contributed by atoms with Gasteiger partial charge in [0.05, 0.1) is 30.8 Å². The Bertz CT molecular complexity index is 1420. The van der Waals surface area contributed by atoms with Gasteiger partial charge in [-0.1, -0.05) is 23.8 Å². The Labute approximate surface area is 190 Å². The van der Waals surface area contributed by atoms with E-state index in [-0.39, 0.29) is 0 Å². The molecule has 33 heavy (non-hydrogen) atoms. The SMILES string of the molecule is Cc1cccc(-c2ccn(-c3nc(N4CCOCC4)nc4c3ncn4-c3cccnc3)n2)c1. The quantitative estimate of drug-likeness (QED) is 0.426. The lowest BCUT2D eigenvalue weighted by atomic mass is 10.1. The molecule has 6 rings (SSSR count). The van der Waals surface area contributed by atoms with Gasteiger partial charge in [0.15, 0.2) is 17.0 Å². The smallest absolute Gasteiger partial charge is 0.229 e. The normalized spacial score (nSPS) is 14.2. The molecule has 4 aromatic heterocycles. The lowest BCUT2D eigenvalue weighted by Crippen LogP contribution is -2.37. The highest BCUT2D eigenvalue weighted by Crippen LogP contribution is 2.26. The molecule has 1 aliphatic rings. The van der Waals surface area contributed by atoms with E-state index in [0.29, 0.717) is 36.1 Å². The van der Waals surface area contributed by atoms with Crippen LogP contribution in [0.1, 0.15) is 5.56 Å². The highest BCUT2D eigenvalue weighted by molar-refractivity contribution is 5.81. The molecule has 5 aromatic rings. The van der Waals surface area contributed by atoms with Crippen molar-refractivity contribution < 1.29 is 4.74 Å². The van der Waals surface area contributed by atoms with Gasteiger partial charge in [0.2, 0.25) is 5.95 Å². The second-order valence-electron chi connectivity index (χ2n) is 7.96. The van der Waals surface area contributed by atoms with Gasteiger partial charge in [-0.2, -0.15) is 15.1 Å². The Hall–Kier alpha value is -4.11. The number of aryl methyl sites for hydroxylation is 1. The molecule has 0 amide bonds. The largest absolute Gasteiger partial charge is 0.378 e. The molecule has 1 saturated heterocycles. The number of ether oxygens (including phenoxy) is 1. The van der Waals surface area contributed by atoms with E-state index in [1.165, 1.54) is 5.56 Å². The van der Waals surface area contributed by atoms with Crippen molar-refractivity contribution in [2.24, 2.45) is 0 Å². The van der Waals surface area contributed by atoms with Crippen molar-refractivity contribution in [1.29, 1.82) is 0 Å². The van der Waals surface area contributed by atoms with Crippen molar-refractivity contribution in [3.63, 3.8) is 0 Å². The summed E-state index contributed by atoms with van der Waals surface area (Å²) in [7, 11) is 0. The maximum absolute atomic E-state index is 5.52. The Morgan fingerprint density at radius 2 is 1.91 bits per heavy atom. The lowest BCUT2D eigenvalue weighted by molar-refractivity contribution is 0.122. The summed E-state index contributed by atoms with van der Waals surface area (Å²) in [6.45, 7) is 4.85. The molecule has 1 fully saturated rings. The molecule has 5 heterocycles. The summed E-state index contributed by atoms with van der Waals surface area (Å²) in [5.74, 6) is 1.28. The fraction of sp³-hybridized carbons (Fsp3) is 0.208. The number of aromatic nitrogens is 7. The van der Waals surface area contributed by atoms with Crippen LogP contribution in [-0.4, -0.2) is 60.6 Å². The monoisotopic (exact) mass is 438 g/mol. The van der Waals surface area contributed by atoms with E-state index >= 15 is 0 Å². The van der Waals surface area contributed by atoms with Crippen LogP contribution in [0.25, 0.3) is 33.9 Å². The Morgan fingerprint density at radius 1 is 1.00 bits per heavy atom. The predicted octanol–water partition coefficient (Wildman–Crippen LogP) is 3.21. The average Bonchev–Trinajstić information content (AvgIpc) is 3.52. The van der Waals surface area contributed by atoms with Crippen molar-refractivity contribution in [1.82, 2.24) is 34.3 Å². The molecule has 0 bridgehead atoms. The third kappa shape index (κ3) is 3.62. The van der Waals surface area contributed by atoms with Crippen molar-refractivity contribution in [2.45, 2.75) is 6.92 Å². The number of rotatable bonds is 4.